The second-order valence-corrected chi connectivity index (χ2v) is 2.83. The van der Waals surface area contributed by atoms with Crippen LogP contribution in [-0.4, -0.2) is 49.8 Å². The second-order valence-electron chi connectivity index (χ2n) is 2.83. The summed E-state index contributed by atoms with van der Waals surface area (Å²) in [5, 5.41) is 8.42. The number of rotatable bonds is 7. The monoisotopic (exact) mass is 175 g/mol. The van der Waals surface area contributed by atoms with Crippen molar-refractivity contribution in [3.05, 3.63) is 0 Å². The Hall–Kier alpha value is -0.610. The minimum absolute atomic E-state index is 0.118. The molecule has 0 atom stereocenters. The molecule has 0 aromatic carbocycles. The van der Waals surface area contributed by atoms with Crippen molar-refractivity contribution in [2.75, 3.05) is 33.9 Å². The molecule has 72 valence electrons. The Bertz CT molecular complexity index is 127. The Morgan fingerprint density at radius 3 is 2.67 bits per heavy atom. The minimum Gasteiger partial charge on any atom is -0.480 e. The van der Waals surface area contributed by atoms with Crippen molar-refractivity contribution in [1.29, 1.82) is 0 Å². The van der Waals surface area contributed by atoms with Crippen molar-refractivity contribution in [2.45, 2.75) is 12.8 Å². The maximum atomic E-state index is 10.2. The van der Waals surface area contributed by atoms with E-state index in [-0.39, 0.29) is 6.54 Å². The van der Waals surface area contributed by atoms with Crippen LogP contribution in [0.15, 0.2) is 0 Å². The van der Waals surface area contributed by atoms with Gasteiger partial charge in [-0.1, -0.05) is 0 Å². The highest BCUT2D eigenvalue weighted by Gasteiger charge is 2.02. The van der Waals surface area contributed by atoms with Gasteiger partial charge in [0.25, 0.3) is 0 Å². The average molecular weight is 175 g/mol. The molecule has 0 saturated carbocycles. The Labute approximate surface area is 73.1 Å². The zero-order valence-electron chi connectivity index (χ0n) is 7.75. The van der Waals surface area contributed by atoms with Crippen LogP contribution in [-0.2, 0) is 9.53 Å². The molecular weight excluding hydrogens is 158 g/mol. The van der Waals surface area contributed by atoms with E-state index in [1.165, 1.54) is 0 Å². The van der Waals surface area contributed by atoms with Gasteiger partial charge in [-0.2, -0.15) is 0 Å². The number of carbonyl (C=O) groups is 1. The lowest BCUT2D eigenvalue weighted by Gasteiger charge is -2.12. The fraction of sp³-hybridized carbons (Fsp3) is 0.875. The van der Waals surface area contributed by atoms with Crippen LogP contribution in [0, 0.1) is 0 Å². The number of unbranched alkanes of at least 4 members (excludes halogenated alkanes) is 1. The van der Waals surface area contributed by atoms with E-state index in [1.807, 2.05) is 0 Å². The van der Waals surface area contributed by atoms with Crippen molar-refractivity contribution in [1.82, 2.24) is 4.90 Å². The van der Waals surface area contributed by atoms with Gasteiger partial charge in [-0.25, -0.2) is 0 Å². The molecular formula is C8H17NO3. The molecule has 0 rings (SSSR count). The summed E-state index contributed by atoms with van der Waals surface area (Å²) in [6.07, 6.45) is 1.97. The topological polar surface area (TPSA) is 49.8 Å². The summed E-state index contributed by atoms with van der Waals surface area (Å²) in [5.41, 5.74) is 0. The largest absolute Gasteiger partial charge is 0.480 e. The summed E-state index contributed by atoms with van der Waals surface area (Å²) in [4.78, 5) is 12.0. The zero-order valence-corrected chi connectivity index (χ0v) is 7.75. The molecule has 0 bridgehead atoms. The predicted octanol–water partition coefficient (Wildman–Crippen LogP) is 0.429. The number of carboxylic acid groups (broad SMARTS) is 1. The highest BCUT2D eigenvalue weighted by molar-refractivity contribution is 5.68. The van der Waals surface area contributed by atoms with Gasteiger partial charge in [0.2, 0.25) is 0 Å². The SMILES string of the molecule is COCCCCN(C)CC(=O)O. The standard InChI is InChI=1S/C8H17NO3/c1-9(7-8(10)11)5-3-4-6-12-2/h3-7H2,1-2H3,(H,10,11). The van der Waals surface area contributed by atoms with Crippen LogP contribution in [0.25, 0.3) is 0 Å². The van der Waals surface area contributed by atoms with E-state index in [1.54, 1.807) is 19.1 Å². The molecule has 0 aliphatic carbocycles. The quantitative estimate of drug-likeness (QED) is 0.570. The number of likely N-dealkylation sites (N-methyl/N-ethyl adjacent to an activating group) is 1. The summed E-state index contributed by atoms with van der Waals surface area (Å²) in [6, 6.07) is 0. The van der Waals surface area contributed by atoms with E-state index in [0.717, 1.165) is 26.0 Å². The number of aliphatic carboxylic acids is 1. The van der Waals surface area contributed by atoms with Crippen molar-refractivity contribution in [2.24, 2.45) is 0 Å². The lowest BCUT2D eigenvalue weighted by molar-refractivity contribution is -0.137. The van der Waals surface area contributed by atoms with Crippen LogP contribution in [0.1, 0.15) is 12.8 Å². The minimum atomic E-state index is -0.774. The third-order valence-corrected chi connectivity index (χ3v) is 1.54. The summed E-state index contributed by atoms with van der Waals surface area (Å²) < 4.78 is 4.87. The number of hydrogen-bond acceptors (Lipinski definition) is 3. The number of nitrogens with zero attached hydrogens (tertiary/aromatic N) is 1. The molecule has 12 heavy (non-hydrogen) atoms. The number of carboxylic acids is 1. The van der Waals surface area contributed by atoms with E-state index < -0.39 is 5.97 Å². The first kappa shape index (κ1) is 11.4. The molecule has 4 nitrogen and oxygen atoms in total. The lowest BCUT2D eigenvalue weighted by Crippen LogP contribution is -2.26. The maximum absolute atomic E-state index is 10.2. The molecule has 0 fully saturated rings. The number of methoxy groups -OCH3 is 1. The highest BCUT2D eigenvalue weighted by atomic mass is 16.5. The van der Waals surface area contributed by atoms with Crippen LogP contribution < -0.4 is 0 Å². The lowest BCUT2D eigenvalue weighted by atomic mass is 10.3. The fourth-order valence-electron chi connectivity index (χ4n) is 0.938. The Kier molecular flexibility index (Phi) is 6.70. The molecule has 0 aliphatic heterocycles. The Balaban J connectivity index is 3.19. The molecule has 0 aromatic rings. The molecule has 1 N–H and O–H groups in total. The molecule has 0 aliphatic rings. The van der Waals surface area contributed by atoms with E-state index in [9.17, 15) is 4.79 Å². The molecule has 0 spiro atoms. The van der Waals surface area contributed by atoms with Crippen molar-refractivity contribution >= 4 is 5.97 Å². The Morgan fingerprint density at radius 2 is 2.17 bits per heavy atom. The molecule has 0 heterocycles. The third-order valence-electron chi connectivity index (χ3n) is 1.54. The van der Waals surface area contributed by atoms with Crippen molar-refractivity contribution in [3.8, 4) is 0 Å². The summed E-state index contributed by atoms with van der Waals surface area (Å²) in [5.74, 6) is -0.774. The average Bonchev–Trinajstić information content (AvgIpc) is 1.97. The van der Waals surface area contributed by atoms with Crippen LogP contribution in [0.5, 0.6) is 0 Å². The number of ether oxygens (including phenoxy) is 1. The van der Waals surface area contributed by atoms with Crippen LogP contribution in [0.4, 0.5) is 0 Å². The van der Waals surface area contributed by atoms with Gasteiger partial charge in [0.15, 0.2) is 0 Å². The summed E-state index contributed by atoms with van der Waals surface area (Å²) in [7, 11) is 3.47. The normalized spacial score (nSPS) is 10.6. The van der Waals surface area contributed by atoms with Gasteiger partial charge in [-0.3, -0.25) is 9.69 Å². The maximum Gasteiger partial charge on any atom is 0.317 e. The first-order valence-electron chi connectivity index (χ1n) is 4.06. The van der Waals surface area contributed by atoms with Crippen LogP contribution in [0.2, 0.25) is 0 Å². The molecule has 0 unspecified atom stereocenters. The van der Waals surface area contributed by atoms with E-state index >= 15 is 0 Å². The zero-order chi connectivity index (χ0) is 9.40. The van der Waals surface area contributed by atoms with Gasteiger partial charge >= 0.3 is 5.97 Å². The molecule has 0 saturated heterocycles. The summed E-state index contributed by atoms with van der Waals surface area (Å²) >= 11 is 0. The number of hydrogen-bond donors (Lipinski definition) is 1. The first-order valence-corrected chi connectivity index (χ1v) is 4.06. The van der Waals surface area contributed by atoms with Crippen molar-refractivity contribution in [3.63, 3.8) is 0 Å². The smallest absolute Gasteiger partial charge is 0.317 e. The van der Waals surface area contributed by atoms with Gasteiger partial charge in [0.05, 0.1) is 6.54 Å². The second kappa shape index (κ2) is 7.06. The fourth-order valence-corrected chi connectivity index (χ4v) is 0.938. The molecule has 4 heteroatoms. The predicted molar refractivity (Wildman–Crippen MR) is 46.2 cm³/mol. The Morgan fingerprint density at radius 1 is 1.50 bits per heavy atom. The van der Waals surface area contributed by atoms with E-state index in [4.69, 9.17) is 9.84 Å². The van der Waals surface area contributed by atoms with Crippen molar-refractivity contribution < 1.29 is 14.6 Å². The van der Waals surface area contributed by atoms with Gasteiger partial charge in [-0.05, 0) is 26.4 Å². The van der Waals surface area contributed by atoms with E-state index in [2.05, 4.69) is 0 Å². The first-order chi connectivity index (χ1) is 5.66. The van der Waals surface area contributed by atoms with Gasteiger partial charge in [0, 0.05) is 13.7 Å². The summed E-state index contributed by atoms with van der Waals surface area (Å²) in [6.45, 7) is 1.68. The van der Waals surface area contributed by atoms with Gasteiger partial charge < -0.3 is 9.84 Å². The van der Waals surface area contributed by atoms with Crippen LogP contribution >= 0.6 is 0 Å². The molecule has 0 aromatic heterocycles. The van der Waals surface area contributed by atoms with Gasteiger partial charge in [-0.15, -0.1) is 0 Å². The van der Waals surface area contributed by atoms with Crippen LogP contribution in [0.3, 0.4) is 0 Å². The molecule has 0 amide bonds. The third kappa shape index (κ3) is 7.50. The molecule has 0 radical (unpaired) electrons. The van der Waals surface area contributed by atoms with E-state index in [0.29, 0.717) is 0 Å². The highest BCUT2D eigenvalue weighted by Crippen LogP contribution is 1.92. The van der Waals surface area contributed by atoms with Gasteiger partial charge in [0.1, 0.15) is 0 Å².